The smallest absolute Gasteiger partial charge is 0.317 e. The van der Waals surface area contributed by atoms with Crippen LogP contribution in [-0.2, 0) is 24.2 Å². The standard InChI is InChI=1S/C17H20FN5O2/c18-13-5-3-12(4-6-13)14-11-22(8-9-25-14)17(24)19-10-16-21-20-15-2-1-7-23(15)16/h3-6,14H,1-2,7-11H2,(H,19,24). The van der Waals surface area contributed by atoms with Gasteiger partial charge in [0, 0.05) is 19.5 Å². The highest BCUT2D eigenvalue weighted by molar-refractivity contribution is 5.74. The Morgan fingerprint density at radius 2 is 2.12 bits per heavy atom. The topological polar surface area (TPSA) is 72.3 Å². The predicted octanol–water partition coefficient (Wildman–Crippen LogP) is 1.65. The van der Waals surface area contributed by atoms with Crippen molar-refractivity contribution < 1.29 is 13.9 Å². The van der Waals surface area contributed by atoms with E-state index in [4.69, 9.17) is 4.74 Å². The fraction of sp³-hybridized carbons (Fsp3) is 0.471. The number of rotatable bonds is 3. The monoisotopic (exact) mass is 345 g/mol. The first-order valence-corrected chi connectivity index (χ1v) is 8.51. The van der Waals surface area contributed by atoms with Crippen molar-refractivity contribution in [3.8, 4) is 0 Å². The molecular weight excluding hydrogens is 325 g/mol. The minimum atomic E-state index is -0.282. The molecule has 2 aliphatic rings. The second-order valence-electron chi connectivity index (χ2n) is 6.30. The Morgan fingerprint density at radius 1 is 1.28 bits per heavy atom. The van der Waals surface area contributed by atoms with E-state index < -0.39 is 0 Å². The number of hydrogen-bond donors (Lipinski definition) is 1. The number of urea groups is 1. The van der Waals surface area contributed by atoms with E-state index in [-0.39, 0.29) is 18.0 Å². The number of benzene rings is 1. The highest BCUT2D eigenvalue weighted by atomic mass is 19.1. The quantitative estimate of drug-likeness (QED) is 0.918. The summed E-state index contributed by atoms with van der Waals surface area (Å²) in [5.74, 6) is 1.51. The Bertz CT molecular complexity index is 761. The summed E-state index contributed by atoms with van der Waals surface area (Å²) in [6.45, 7) is 2.70. The van der Waals surface area contributed by atoms with Crippen LogP contribution in [0, 0.1) is 5.82 Å². The molecule has 25 heavy (non-hydrogen) atoms. The highest BCUT2D eigenvalue weighted by Crippen LogP contribution is 2.22. The lowest BCUT2D eigenvalue weighted by atomic mass is 10.1. The molecule has 132 valence electrons. The first-order chi connectivity index (χ1) is 12.2. The SMILES string of the molecule is O=C(NCc1nnc2n1CCC2)N1CCOC(c2ccc(F)cc2)C1. The number of nitrogens with zero attached hydrogens (tertiary/aromatic N) is 4. The molecule has 0 aliphatic carbocycles. The van der Waals surface area contributed by atoms with E-state index in [0.717, 1.165) is 36.6 Å². The Morgan fingerprint density at radius 3 is 2.96 bits per heavy atom. The van der Waals surface area contributed by atoms with Gasteiger partial charge < -0.3 is 19.5 Å². The molecule has 1 fully saturated rings. The van der Waals surface area contributed by atoms with Gasteiger partial charge in [-0.05, 0) is 24.1 Å². The van der Waals surface area contributed by atoms with Gasteiger partial charge >= 0.3 is 6.03 Å². The third-order valence-electron chi connectivity index (χ3n) is 4.68. The number of aryl methyl sites for hydroxylation is 1. The number of fused-ring (bicyclic) bond motifs is 1. The number of amides is 2. The van der Waals surface area contributed by atoms with Crippen LogP contribution in [0.4, 0.5) is 9.18 Å². The van der Waals surface area contributed by atoms with Gasteiger partial charge in [-0.1, -0.05) is 12.1 Å². The Kier molecular flexibility index (Phi) is 4.35. The van der Waals surface area contributed by atoms with Crippen molar-refractivity contribution in [3.05, 3.63) is 47.3 Å². The van der Waals surface area contributed by atoms with Crippen molar-refractivity contribution in [1.82, 2.24) is 25.0 Å². The summed E-state index contributed by atoms with van der Waals surface area (Å²) in [6, 6.07) is 6.06. The molecular formula is C17H20FN5O2. The molecule has 1 saturated heterocycles. The van der Waals surface area contributed by atoms with Crippen LogP contribution >= 0.6 is 0 Å². The lowest BCUT2D eigenvalue weighted by Crippen LogP contribution is -2.47. The summed E-state index contributed by atoms with van der Waals surface area (Å²) in [7, 11) is 0. The zero-order chi connectivity index (χ0) is 17.2. The Labute approximate surface area is 144 Å². The van der Waals surface area contributed by atoms with Crippen molar-refractivity contribution in [3.63, 3.8) is 0 Å². The van der Waals surface area contributed by atoms with Gasteiger partial charge in [0.25, 0.3) is 0 Å². The fourth-order valence-electron chi connectivity index (χ4n) is 3.32. The van der Waals surface area contributed by atoms with Crippen LogP contribution in [0.1, 0.15) is 29.7 Å². The number of morpholine rings is 1. The average molecular weight is 345 g/mol. The van der Waals surface area contributed by atoms with Crippen LogP contribution in [0.3, 0.4) is 0 Å². The minimum absolute atomic E-state index is 0.147. The number of ether oxygens (including phenoxy) is 1. The number of hydrogen-bond acceptors (Lipinski definition) is 4. The van der Waals surface area contributed by atoms with Crippen molar-refractivity contribution in [1.29, 1.82) is 0 Å². The predicted molar refractivity (Wildman–Crippen MR) is 87.2 cm³/mol. The van der Waals surface area contributed by atoms with E-state index in [2.05, 4.69) is 20.1 Å². The maximum atomic E-state index is 13.1. The molecule has 0 spiro atoms. The van der Waals surface area contributed by atoms with E-state index in [1.54, 1.807) is 17.0 Å². The average Bonchev–Trinajstić information content (AvgIpc) is 3.24. The van der Waals surface area contributed by atoms with Gasteiger partial charge in [-0.15, -0.1) is 10.2 Å². The Hall–Kier alpha value is -2.48. The van der Waals surface area contributed by atoms with Crippen molar-refractivity contribution in [2.75, 3.05) is 19.7 Å². The molecule has 1 aromatic carbocycles. The van der Waals surface area contributed by atoms with Gasteiger partial charge in [-0.2, -0.15) is 0 Å². The molecule has 0 bridgehead atoms. The molecule has 1 unspecified atom stereocenters. The summed E-state index contributed by atoms with van der Waals surface area (Å²) in [5, 5.41) is 11.2. The second-order valence-corrected chi connectivity index (χ2v) is 6.30. The fourth-order valence-corrected chi connectivity index (χ4v) is 3.32. The lowest BCUT2D eigenvalue weighted by molar-refractivity contribution is -0.0155. The van der Waals surface area contributed by atoms with Gasteiger partial charge in [0.15, 0.2) is 5.82 Å². The van der Waals surface area contributed by atoms with Gasteiger partial charge in [-0.25, -0.2) is 9.18 Å². The van der Waals surface area contributed by atoms with Gasteiger partial charge in [0.2, 0.25) is 0 Å². The summed E-state index contributed by atoms with van der Waals surface area (Å²) in [5.41, 5.74) is 0.870. The number of aromatic nitrogens is 3. The molecule has 1 N–H and O–H groups in total. The van der Waals surface area contributed by atoms with Crippen LogP contribution in [0.15, 0.2) is 24.3 Å². The molecule has 0 saturated carbocycles. The second kappa shape index (κ2) is 6.79. The van der Waals surface area contributed by atoms with Crippen molar-refractivity contribution >= 4 is 6.03 Å². The molecule has 1 aromatic heterocycles. The van der Waals surface area contributed by atoms with Crippen LogP contribution < -0.4 is 5.32 Å². The van der Waals surface area contributed by atoms with Crippen LogP contribution in [0.5, 0.6) is 0 Å². The number of halogens is 1. The van der Waals surface area contributed by atoms with E-state index >= 15 is 0 Å². The first-order valence-electron chi connectivity index (χ1n) is 8.51. The molecule has 7 nitrogen and oxygen atoms in total. The number of carbonyl (C=O) groups excluding carboxylic acids is 1. The maximum absolute atomic E-state index is 13.1. The molecule has 3 heterocycles. The molecule has 2 amide bonds. The van der Waals surface area contributed by atoms with E-state index in [1.165, 1.54) is 12.1 Å². The molecule has 4 rings (SSSR count). The zero-order valence-electron chi connectivity index (χ0n) is 13.8. The Balaban J connectivity index is 1.35. The van der Waals surface area contributed by atoms with Crippen molar-refractivity contribution in [2.24, 2.45) is 0 Å². The third kappa shape index (κ3) is 3.34. The van der Waals surface area contributed by atoms with E-state index in [0.29, 0.717) is 26.2 Å². The van der Waals surface area contributed by atoms with Gasteiger partial charge in [0.1, 0.15) is 17.7 Å². The summed E-state index contributed by atoms with van der Waals surface area (Å²) >= 11 is 0. The number of nitrogens with one attached hydrogen (secondary N) is 1. The maximum Gasteiger partial charge on any atom is 0.317 e. The first kappa shape index (κ1) is 16.0. The van der Waals surface area contributed by atoms with Gasteiger partial charge in [0.05, 0.1) is 19.7 Å². The normalized spacial score (nSPS) is 19.7. The minimum Gasteiger partial charge on any atom is -0.370 e. The number of carbonyl (C=O) groups is 1. The molecule has 2 aliphatic heterocycles. The van der Waals surface area contributed by atoms with Crippen molar-refractivity contribution in [2.45, 2.75) is 32.0 Å². The van der Waals surface area contributed by atoms with Crippen LogP contribution in [0.25, 0.3) is 0 Å². The summed E-state index contributed by atoms with van der Waals surface area (Å²) in [6.07, 6.45) is 1.79. The summed E-state index contributed by atoms with van der Waals surface area (Å²) < 4.78 is 20.9. The molecule has 1 atom stereocenters. The lowest BCUT2D eigenvalue weighted by Gasteiger charge is -2.33. The van der Waals surface area contributed by atoms with E-state index in [9.17, 15) is 9.18 Å². The third-order valence-corrected chi connectivity index (χ3v) is 4.68. The van der Waals surface area contributed by atoms with Crippen LogP contribution in [0.2, 0.25) is 0 Å². The highest BCUT2D eigenvalue weighted by Gasteiger charge is 2.26. The molecule has 2 aromatic rings. The van der Waals surface area contributed by atoms with Gasteiger partial charge in [-0.3, -0.25) is 0 Å². The largest absolute Gasteiger partial charge is 0.370 e. The summed E-state index contributed by atoms with van der Waals surface area (Å²) in [4.78, 5) is 14.2. The molecule has 0 radical (unpaired) electrons. The van der Waals surface area contributed by atoms with E-state index in [1.807, 2.05) is 0 Å². The molecule has 8 heteroatoms. The zero-order valence-corrected chi connectivity index (χ0v) is 13.8. The van der Waals surface area contributed by atoms with Crippen LogP contribution in [-0.4, -0.2) is 45.4 Å².